The van der Waals surface area contributed by atoms with Crippen LogP contribution in [0.3, 0.4) is 0 Å². The first-order valence-corrected chi connectivity index (χ1v) is 8.72. The van der Waals surface area contributed by atoms with Crippen LogP contribution in [0, 0.1) is 11.3 Å². The lowest BCUT2D eigenvalue weighted by molar-refractivity contribution is -0.136. The van der Waals surface area contributed by atoms with Crippen molar-refractivity contribution in [3.8, 4) is 23.3 Å². The quantitative estimate of drug-likeness (QED) is 0.348. The van der Waals surface area contributed by atoms with Crippen LogP contribution in [0.25, 0.3) is 0 Å². The molecule has 0 radical (unpaired) electrons. The van der Waals surface area contributed by atoms with Gasteiger partial charge in [-0.2, -0.15) is 5.26 Å². The second-order valence-corrected chi connectivity index (χ2v) is 5.96. The van der Waals surface area contributed by atoms with E-state index in [9.17, 15) is 9.59 Å². The van der Waals surface area contributed by atoms with Crippen molar-refractivity contribution in [3.05, 3.63) is 89.5 Å². The largest absolute Gasteiger partial charge is 0.493 e. The van der Waals surface area contributed by atoms with Crippen LogP contribution in [-0.4, -0.2) is 25.5 Å². The average molecular weight is 387 g/mol. The predicted octanol–water partition coefficient (Wildman–Crippen LogP) is 3.78. The second kappa shape index (κ2) is 9.20. The van der Waals surface area contributed by atoms with Gasteiger partial charge in [0, 0.05) is 17.2 Å². The molecule has 144 valence electrons. The van der Waals surface area contributed by atoms with Gasteiger partial charge in [-0.3, -0.25) is 4.79 Å². The van der Waals surface area contributed by atoms with E-state index in [0.29, 0.717) is 22.4 Å². The van der Waals surface area contributed by atoms with Gasteiger partial charge in [0.25, 0.3) is 0 Å². The Bertz CT molecular complexity index is 1050. The summed E-state index contributed by atoms with van der Waals surface area (Å²) in [6, 6.07) is 21.9. The zero-order valence-corrected chi connectivity index (χ0v) is 15.6. The minimum absolute atomic E-state index is 0.0931. The molecular weight excluding hydrogens is 370 g/mol. The van der Waals surface area contributed by atoms with E-state index in [-0.39, 0.29) is 23.9 Å². The van der Waals surface area contributed by atoms with Gasteiger partial charge >= 0.3 is 5.97 Å². The maximum atomic E-state index is 12.4. The van der Waals surface area contributed by atoms with Gasteiger partial charge in [-0.15, -0.1) is 0 Å². The van der Waals surface area contributed by atoms with Crippen molar-refractivity contribution in [3.63, 3.8) is 0 Å². The molecule has 0 fully saturated rings. The summed E-state index contributed by atoms with van der Waals surface area (Å²) < 4.78 is 15.8. The highest BCUT2D eigenvalue weighted by molar-refractivity contribution is 6.08. The zero-order chi connectivity index (χ0) is 20.6. The van der Waals surface area contributed by atoms with E-state index in [4.69, 9.17) is 19.5 Å². The van der Waals surface area contributed by atoms with Gasteiger partial charge in [-0.25, -0.2) is 4.79 Å². The number of hydrogen-bond acceptors (Lipinski definition) is 6. The molecule has 0 heterocycles. The standard InChI is InChI=1S/C23H17NO5/c1-27-21-13-16(14-24)7-12-20(21)29-22(25)15-28-19-10-8-18(9-11-19)23(26)17-5-3-2-4-6-17/h2-13H,15H2,1H3. The summed E-state index contributed by atoms with van der Waals surface area (Å²) in [7, 11) is 1.42. The summed E-state index contributed by atoms with van der Waals surface area (Å²) >= 11 is 0. The minimum atomic E-state index is -0.627. The van der Waals surface area contributed by atoms with Crippen molar-refractivity contribution in [1.29, 1.82) is 5.26 Å². The van der Waals surface area contributed by atoms with Gasteiger partial charge in [0.2, 0.25) is 0 Å². The number of hydrogen-bond donors (Lipinski definition) is 0. The summed E-state index contributed by atoms with van der Waals surface area (Å²) in [6.45, 7) is -0.324. The van der Waals surface area contributed by atoms with Crippen molar-refractivity contribution in [1.82, 2.24) is 0 Å². The third kappa shape index (κ3) is 4.99. The van der Waals surface area contributed by atoms with Crippen LogP contribution in [0.5, 0.6) is 17.2 Å². The third-order valence-corrected chi connectivity index (χ3v) is 4.03. The first-order valence-electron chi connectivity index (χ1n) is 8.72. The first kappa shape index (κ1) is 19.6. The Labute approximate surface area is 167 Å². The van der Waals surface area contributed by atoms with Crippen LogP contribution in [0.1, 0.15) is 21.5 Å². The van der Waals surface area contributed by atoms with Gasteiger partial charge in [0.15, 0.2) is 23.9 Å². The van der Waals surface area contributed by atoms with E-state index >= 15 is 0 Å². The van der Waals surface area contributed by atoms with E-state index in [2.05, 4.69) is 0 Å². The number of nitriles is 1. The number of rotatable bonds is 7. The van der Waals surface area contributed by atoms with Crippen LogP contribution in [0.2, 0.25) is 0 Å². The number of esters is 1. The van der Waals surface area contributed by atoms with Crippen molar-refractivity contribution in [2.75, 3.05) is 13.7 Å². The molecular formula is C23H17NO5. The highest BCUT2D eigenvalue weighted by Gasteiger charge is 2.13. The van der Waals surface area contributed by atoms with Crippen molar-refractivity contribution >= 4 is 11.8 Å². The molecule has 0 unspecified atom stereocenters. The van der Waals surface area contributed by atoms with Crippen LogP contribution in [-0.2, 0) is 4.79 Å². The normalized spacial score (nSPS) is 9.93. The smallest absolute Gasteiger partial charge is 0.349 e. The van der Waals surface area contributed by atoms with Crippen LogP contribution in [0.15, 0.2) is 72.8 Å². The van der Waals surface area contributed by atoms with Crippen LogP contribution in [0.4, 0.5) is 0 Å². The van der Waals surface area contributed by atoms with Crippen molar-refractivity contribution in [2.45, 2.75) is 0 Å². The van der Waals surface area contributed by atoms with E-state index < -0.39 is 5.97 Å². The van der Waals surface area contributed by atoms with E-state index in [1.54, 1.807) is 48.5 Å². The molecule has 6 heteroatoms. The average Bonchev–Trinajstić information content (AvgIpc) is 2.78. The Hall–Kier alpha value is -4.11. The van der Waals surface area contributed by atoms with Crippen LogP contribution < -0.4 is 14.2 Å². The molecule has 0 spiro atoms. The van der Waals surface area contributed by atoms with Gasteiger partial charge < -0.3 is 14.2 Å². The lowest BCUT2D eigenvalue weighted by Crippen LogP contribution is -2.18. The number of ketones is 1. The summed E-state index contributed by atoms with van der Waals surface area (Å²) in [5.74, 6) is 0.186. The van der Waals surface area contributed by atoms with Crippen LogP contribution >= 0.6 is 0 Å². The Kier molecular flexibility index (Phi) is 6.23. The Morgan fingerprint density at radius 1 is 0.897 bits per heavy atom. The first-order chi connectivity index (χ1) is 14.1. The second-order valence-electron chi connectivity index (χ2n) is 5.96. The SMILES string of the molecule is COc1cc(C#N)ccc1OC(=O)COc1ccc(C(=O)c2ccccc2)cc1. The van der Waals surface area contributed by atoms with Crippen molar-refractivity contribution in [2.24, 2.45) is 0 Å². The topological polar surface area (TPSA) is 85.6 Å². The minimum Gasteiger partial charge on any atom is -0.493 e. The number of nitrogens with zero attached hydrogens (tertiary/aromatic N) is 1. The number of carbonyl (C=O) groups is 2. The molecule has 0 saturated heterocycles. The number of ether oxygens (including phenoxy) is 3. The molecule has 0 aliphatic rings. The lowest BCUT2D eigenvalue weighted by Gasteiger charge is -2.10. The fourth-order valence-corrected chi connectivity index (χ4v) is 2.57. The number of carbonyl (C=O) groups excluding carboxylic acids is 2. The molecule has 6 nitrogen and oxygen atoms in total. The molecule has 3 aromatic carbocycles. The van der Waals surface area contributed by atoms with E-state index in [1.807, 2.05) is 12.1 Å². The molecule has 0 aliphatic carbocycles. The highest BCUT2D eigenvalue weighted by atomic mass is 16.6. The van der Waals surface area contributed by atoms with Gasteiger partial charge in [-0.05, 0) is 36.4 Å². The maximum absolute atomic E-state index is 12.4. The molecule has 3 rings (SSSR count). The Balaban J connectivity index is 1.58. The van der Waals surface area contributed by atoms with Gasteiger partial charge in [0.1, 0.15) is 5.75 Å². The van der Waals surface area contributed by atoms with E-state index in [0.717, 1.165) is 0 Å². The molecule has 0 aromatic heterocycles. The molecule has 29 heavy (non-hydrogen) atoms. The number of benzene rings is 3. The summed E-state index contributed by atoms with van der Waals surface area (Å²) in [5, 5.41) is 8.90. The van der Waals surface area contributed by atoms with Crippen molar-refractivity contribution < 1.29 is 23.8 Å². The Morgan fingerprint density at radius 3 is 2.24 bits per heavy atom. The fraction of sp³-hybridized carbons (Fsp3) is 0.0870. The third-order valence-electron chi connectivity index (χ3n) is 4.03. The summed E-state index contributed by atoms with van der Waals surface area (Å²) in [5.41, 5.74) is 1.51. The summed E-state index contributed by atoms with van der Waals surface area (Å²) in [4.78, 5) is 24.4. The van der Waals surface area contributed by atoms with Gasteiger partial charge in [-0.1, -0.05) is 30.3 Å². The molecule has 0 bridgehead atoms. The molecule has 3 aromatic rings. The number of methoxy groups -OCH3 is 1. The summed E-state index contributed by atoms with van der Waals surface area (Å²) in [6.07, 6.45) is 0. The Morgan fingerprint density at radius 2 is 1.59 bits per heavy atom. The predicted molar refractivity (Wildman–Crippen MR) is 105 cm³/mol. The molecule has 0 N–H and O–H groups in total. The molecule has 0 amide bonds. The zero-order valence-electron chi connectivity index (χ0n) is 15.6. The molecule has 0 atom stereocenters. The van der Waals surface area contributed by atoms with Gasteiger partial charge in [0.05, 0.1) is 18.7 Å². The highest BCUT2D eigenvalue weighted by Crippen LogP contribution is 2.28. The van der Waals surface area contributed by atoms with E-state index in [1.165, 1.54) is 25.3 Å². The maximum Gasteiger partial charge on any atom is 0.349 e. The molecule has 0 aliphatic heterocycles. The monoisotopic (exact) mass is 387 g/mol. The molecule has 0 saturated carbocycles. The fourth-order valence-electron chi connectivity index (χ4n) is 2.57. The lowest BCUT2D eigenvalue weighted by atomic mass is 10.0.